The second-order valence-corrected chi connectivity index (χ2v) is 5.69. The summed E-state index contributed by atoms with van der Waals surface area (Å²) in [5.41, 5.74) is 1.35. The van der Waals surface area contributed by atoms with E-state index in [4.69, 9.17) is 0 Å². The predicted molar refractivity (Wildman–Crippen MR) is 93.2 cm³/mol. The van der Waals surface area contributed by atoms with Gasteiger partial charge in [-0.05, 0) is 48.6 Å². The van der Waals surface area contributed by atoms with Crippen molar-refractivity contribution in [3.8, 4) is 0 Å². The van der Waals surface area contributed by atoms with Gasteiger partial charge in [-0.2, -0.15) is 4.39 Å². The van der Waals surface area contributed by atoms with Gasteiger partial charge in [0.2, 0.25) is 5.82 Å². The Bertz CT molecular complexity index is 983. The molecule has 2 aliphatic heterocycles. The molecule has 130 valence electrons. The molecule has 0 aliphatic carbocycles. The second kappa shape index (κ2) is 6.07. The molecule has 0 saturated heterocycles. The fraction of sp³-hybridized carbons (Fsp3) is 0.0556. The lowest BCUT2D eigenvalue weighted by molar-refractivity contribution is -0.387. The number of fused-ring (bicyclic) bond motifs is 1. The molecule has 8 heteroatoms. The summed E-state index contributed by atoms with van der Waals surface area (Å²) in [5, 5.41) is 14.6. The van der Waals surface area contributed by atoms with Gasteiger partial charge in [0.1, 0.15) is 11.6 Å². The van der Waals surface area contributed by atoms with Crippen molar-refractivity contribution < 1.29 is 13.7 Å². The average molecular weight is 354 g/mol. The van der Waals surface area contributed by atoms with Crippen LogP contribution in [0.4, 0.5) is 20.2 Å². The van der Waals surface area contributed by atoms with Gasteiger partial charge in [-0.25, -0.2) is 14.4 Å². The van der Waals surface area contributed by atoms with E-state index in [2.05, 4.69) is 4.99 Å². The predicted octanol–water partition coefficient (Wildman–Crippen LogP) is 3.88. The smallest absolute Gasteiger partial charge is 0.275 e. The molecule has 0 atom stereocenters. The Balaban J connectivity index is 1.75. The number of anilines is 1. The third-order valence-electron chi connectivity index (χ3n) is 4.14. The lowest BCUT2D eigenvalue weighted by atomic mass is 10.1. The Morgan fingerprint density at radius 1 is 1.12 bits per heavy atom. The zero-order chi connectivity index (χ0) is 18.3. The summed E-state index contributed by atoms with van der Waals surface area (Å²) in [7, 11) is 0. The van der Waals surface area contributed by atoms with E-state index in [9.17, 15) is 18.9 Å². The minimum Gasteiger partial charge on any atom is -0.275 e. The molecule has 0 fully saturated rings. The van der Waals surface area contributed by atoms with Gasteiger partial charge in [-0.3, -0.25) is 15.1 Å². The average Bonchev–Trinajstić information content (AvgIpc) is 3.07. The van der Waals surface area contributed by atoms with Crippen molar-refractivity contribution >= 4 is 23.3 Å². The molecule has 0 bridgehead atoms. The molecular formula is C18H12F2N4O2. The summed E-state index contributed by atoms with van der Waals surface area (Å²) in [5.74, 6) is -0.599. The van der Waals surface area contributed by atoms with Crippen LogP contribution in [0.1, 0.15) is 5.56 Å². The fourth-order valence-corrected chi connectivity index (χ4v) is 2.94. The Hall–Kier alpha value is -3.55. The molecule has 0 unspecified atom stereocenters. The van der Waals surface area contributed by atoms with Crippen LogP contribution in [0.5, 0.6) is 0 Å². The SMILES string of the molecule is O=[N+]([O-])c1cc(N2CC=C3N=CC=C(c4ccc(F)cc4)N32)ccc1F. The van der Waals surface area contributed by atoms with E-state index in [1.54, 1.807) is 34.4 Å². The molecule has 0 aromatic heterocycles. The van der Waals surface area contributed by atoms with Crippen LogP contribution in [0, 0.1) is 21.7 Å². The first-order valence-corrected chi connectivity index (χ1v) is 7.76. The maximum atomic E-state index is 13.7. The van der Waals surface area contributed by atoms with Gasteiger partial charge in [0.05, 0.1) is 22.9 Å². The zero-order valence-electron chi connectivity index (χ0n) is 13.3. The summed E-state index contributed by atoms with van der Waals surface area (Å²) < 4.78 is 26.9. The Morgan fingerprint density at radius 3 is 2.62 bits per heavy atom. The molecule has 0 radical (unpaired) electrons. The number of halogens is 2. The van der Waals surface area contributed by atoms with Crippen LogP contribution in [0.3, 0.4) is 0 Å². The number of allylic oxidation sites excluding steroid dienone is 1. The van der Waals surface area contributed by atoms with E-state index in [0.717, 1.165) is 17.3 Å². The second-order valence-electron chi connectivity index (χ2n) is 5.69. The molecule has 2 aromatic rings. The van der Waals surface area contributed by atoms with E-state index in [-0.39, 0.29) is 5.82 Å². The van der Waals surface area contributed by atoms with E-state index in [0.29, 0.717) is 18.1 Å². The fourth-order valence-electron chi connectivity index (χ4n) is 2.94. The molecule has 6 nitrogen and oxygen atoms in total. The van der Waals surface area contributed by atoms with Gasteiger partial charge in [0.25, 0.3) is 0 Å². The molecule has 2 heterocycles. The molecular weight excluding hydrogens is 342 g/mol. The number of nitro groups is 1. The van der Waals surface area contributed by atoms with E-state index in [1.807, 2.05) is 6.08 Å². The van der Waals surface area contributed by atoms with Gasteiger partial charge >= 0.3 is 5.69 Å². The highest BCUT2D eigenvalue weighted by atomic mass is 19.1. The number of nitro benzene ring substituents is 1. The summed E-state index contributed by atoms with van der Waals surface area (Å²) in [6.07, 6.45) is 5.25. The van der Waals surface area contributed by atoms with Crippen molar-refractivity contribution in [1.82, 2.24) is 5.01 Å². The van der Waals surface area contributed by atoms with Crippen molar-refractivity contribution in [2.45, 2.75) is 0 Å². The molecule has 0 N–H and O–H groups in total. The highest BCUT2D eigenvalue weighted by Gasteiger charge is 2.30. The van der Waals surface area contributed by atoms with Crippen LogP contribution in [-0.2, 0) is 0 Å². The Morgan fingerprint density at radius 2 is 1.88 bits per heavy atom. The number of benzene rings is 2. The van der Waals surface area contributed by atoms with Gasteiger partial charge < -0.3 is 0 Å². The Labute approximate surface area is 147 Å². The van der Waals surface area contributed by atoms with Crippen LogP contribution in [0.25, 0.3) is 5.70 Å². The molecule has 26 heavy (non-hydrogen) atoms. The normalized spacial score (nSPS) is 15.6. The van der Waals surface area contributed by atoms with E-state index < -0.39 is 16.4 Å². The lowest BCUT2D eigenvalue weighted by Gasteiger charge is -2.35. The van der Waals surface area contributed by atoms with Crippen molar-refractivity contribution in [2.24, 2.45) is 4.99 Å². The molecule has 2 aromatic carbocycles. The molecule has 4 rings (SSSR count). The quantitative estimate of drug-likeness (QED) is 0.620. The summed E-state index contributed by atoms with van der Waals surface area (Å²) in [6, 6.07) is 9.72. The van der Waals surface area contributed by atoms with Crippen LogP contribution < -0.4 is 5.01 Å². The van der Waals surface area contributed by atoms with Crippen LogP contribution in [0.2, 0.25) is 0 Å². The lowest BCUT2D eigenvalue weighted by Crippen LogP contribution is -2.37. The molecule has 0 amide bonds. The topological polar surface area (TPSA) is 62.0 Å². The van der Waals surface area contributed by atoms with Gasteiger partial charge in [-0.15, -0.1) is 0 Å². The van der Waals surface area contributed by atoms with Gasteiger partial charge in [0.15, 0.2) is 0 Å². The first kappa shape index (κ1) is 15.9. The highest BCUT2D eigenvalue weighted by molar-refractivity contribution is 5.88. The molecule has 0 spiro atoms. The minimum atomic E-state index is -0.892. The number of hydrogen-bond donors (Lipinski definition) is 0. The first-order chi connectivity index (χ1) is 12.5. The van der Waals surface area contributed by atoms with Crippen LogP contribution in [0.15, 0.2) is 65.4 Å². The van der Waals surface area contributed by atoms with Gasteiger partial charge in [-0.1, -0.05) is 0 Å². The maximum Gasteiger partial charge on any atom is 0.306 e. The van der Waals surface area contributed by atoms with Crippen molar-refractivity contribution in [3.63, 3.8) is 0 Å². The largest absolute Gasteiger partial charge is 0.306 e. The zero-order valence-corrected chi connectivity index (χ0v) is 13.3. The minimum absolute atomic E-state index is 0.345. The van der Waals surface area contributed by atoms with E-state index in [1.165, 1.54) is 24.3 Å². The third-order valence-corrected chi connectivity index (χ3v) is 4.14. The molecule has 0 saturated carbocycles. The highest BCUT2D eigenvalue weighted by Crippen LogP contribution is 2.36. The Kier molecular flexibility index (Phi) is 3.72. The standard InChI is InChI=1S/C18H12F2N4O2/c19-13-3-1-12(2-4-13)16-7-9-21-18-8-10-22(23(16)18)14-5-6-15(20)17(11-14)24(25)26/h1-9,11H,10H2. The summed E-state index contributed by atoms with van der Waals surface area (Å²) in [4.78, 5) is 14.6. The summed E-state index contributed by atoms with van der Waals surface area (Å²) >= 11 is 0. The number of rotatable bonds is 3. The molecule has 2 aliphatic rings. The van der Waals surface area contributed by atoms with Crippen molar-refractivity contribution in [2.75, 3.05) is 11.6 Å². The number of aliphatic imine (C=N–C) groups is 1. The maximum absolute atomic E-state index is 13.7. The number of hydrogen-bond acceptors (Lipinski definition) is 5. The van der Waals surface area contributed by atoms with Crippen LogP contribution >= 0.6 is 0 Å². The number of nitrogens with zero attached hydrogens (tertiary/aromatic N) is 4. The van der Waals surface area contributed by atoms with Gasteiger partial charge in [0, 0.05) is 17.8 Å². The van der Waals surface area contributed by atoms with Crippen molar-refractivity contribution in [1.29, 1.82) is 0 Å². The number of hydrazine groups is 1. The third kappa shape index (κ3) is 2.61. The van der Waals surface area contributed by atoms with Crippen LogP contribution in [-0.4, -0.2) is 22.7 Å². The summed E-state index contributed by atoms with van der Waals surface area (Å²) in [6.45, 7) is 0.411. The first-order valence-electron chi connectivity index (χ1n) is 7.76. The van der Waals surface area contributed by atoms with Crippen molar-refractivity contribution in [3.05, 3.63) is 87.7 Å². The monoisotopic (exact) mass is 354 g/mol. The van der Waals surface area contributed by atoms with E-state index >= 15 is 0 Å².